The fourth-order valence-corrected chi connectivity index (χ4v) is 3.19. The van der Waals surface area contributed by atoms with E-state index in [1.54, 1.807) is 17.8 Å². The zero-order valence-electron chi connectivity index (χ0n) is 9.78. The fraction of sp³-hybridized carbons (Fsp3) is 0.636. The average Bonchev–Trinajstić information content (AvgIpc) is 2.27. The third-order valence-corrected chi connectivity index (χ3v) is 3.98. The van der Waals surface area contributed by atoms with Gasteiger partial charge in [-0.15, -0.1) is 12.4 Å². The number of piperidine rings is 1. The van der Waals surface area contributed by atoms with Gasteiger partial charge in [0.05, 0.1) is 0 Å². The van der Waals surface area contributed by atoms with Crippen molar-refractivity contribution in [1.29, 1.82) is 0 Å². The van der Waals surface area contributed by atoms with Crippen molar-refractivity contribution in [2.75, 3.05) is 18.8 Å². The minimum Gasteiger partial charge on any atom is -0.317 e. The van der Waals surface area contributed by atoms with E-state index in [0.29, 0.717) is 5.15 Å². The molecule has 0 saturated carbocycles. The van der Waals surface area contributed by atoms with Gasteiger partial charge in [0.15, 0.2) is 5.16 Å². The molecule has 0 aromatic carbocycles. The number of hydrogen-bond acceptors (Lipinski definition) is 4. The number of aromatic nitrogens is 2. The predicted octanol–water partition coefficient (Wildman–Crippen LogP) is 2.95. The van der Waals surface area contributed by atoms with Gasteiger partial charge in [-0.3, -0.25) is 0 Å². The molecule has 2 heterocycles. The van der Waals surface area contributed by atoms with Crippen LogP contribution in [0.4, 0.5) is 0 Å². The summed E-state index contributed by atoms with van der Waals surface area (Å²) in [6.45, 7) is 4.23. The fourth-order valence-electron chi connectivity index (χ4n) is 1.81. The van der Waals surface area contributed by atoms with Gasteiger partial charge in [-0.05, 0) is 44.8 Å². The molecule has 1 aliphatic heterocycles. The number of nitrogens with one attached hydrogen (secondary N) is 1. The van der Waals surface area contributed by atoms with Crippen LogP contribution >= 0.6 is 35.8 Å². The SMILES string of the molecule is Cc1cc(Cl)nc(SCC2CCNCC2)n1.Cl. The Bertz CT molecular complexity index is 336. The van der Waals surface area contributed by atoms with Gasteiger partial charge in [-0.1, -0.05) is 23.4 Å². The normalized spacial score (nSPS) is 16.6. The van der Waals surface area contributed by atoms with Crippen LogP contribution in [0.15, 0.2) is 11.2 Å². The lowest BCUT2D eigenvalue weighted by Gasteiger charge is -2.21. The number of hydrogen-bond donors (Lipinski definition) is 1. The molecule has 1 fully saturated rings. The topological polar surface area (TPSA) is 37.8 Å². The van der Waals surface area contributed by atoms with Crippen molar-refractivity contribution in [2.45, 2.75) is 24.9 Å². The Morgan fingerprint density at radius 3 is 2.76 bits per heavy atom. The van der Waals surface area contributed by atoms with E-state index in [9.17, 15) is 0 Å². The quantitative estimate of drug-likeness (QED) is 0.528. The summed E-state index contributed by atoms with van der Waals surface area (Å²) in [5.41, 5.74) is 0.938. The molecule has 3 nitrogen and oxygen atoms in total. The third-order valence-electron chi connectivity index (χ3n) is 2.71. The van der Waals surface area contributed by atoms with E-state index in [2.05, 4.69) is 15.3 Å². The molecule has 1 aromatic heterocycles. The maximum atomic E-state index is 5.90. The zero-order chi connectivity index (χ0) is 11.4. The van der Waals surface area contributed by atoms with Crippen molar-refractivity contribution in [2.24, 2.45) is 5.92 Å². The molecule has 0 unspecified atom stereocenters. The van der Waals surface area contributed by atoms with Crippen LogP contribution in [0.5, 0.6) is 0 Å². The number of halogens is 2. The van der Waals surface area contributed by atoms with Crippen molar-refractivity contribution in [3.63, 3.8) is 0 Å². The largest absolute Gasteiger partial charge is 0.317 e. The average molecular weight is 294 g/mol. The zero-order valence-corrected chi connectivity index (χ0v) is 12.2. The van der Waals surface area contributed by atoms with Crippen LogP contribution in [0.2, 0.25) is 5.15 Å². The molecule has 17 heavy (non-hydrogen) atoms. The summed E-state index contributed by atoms with van der Waals surface area (Å²) >= 11 is 7.62. The van der Waals surface area contributed by atoms with Gasteiger partial charge in [-0.25, -0.2) is 9.97 Å². The maximum Gasteiger partial charge on any atom is 0.189 e. The van der Waals surface area contributed by atoms with E-state index >= 15 is 0 Å². The molecular weight excluding hydrogens is 277 g/mol. The number of nitrogens with zero attached hydrogens (tertiary/aromatic N) is 2. The summed E-state index contributed by atoms with van der Waals surface area (Å²) in [6, 6.07) is 1.79. The molecule has 0 amide bonds. The van der Waals surface area contributed by atoms with Gasteiger partial charge in [-0.2, -0.15) is 0 Å². The Balaban J connectivity index is 0.00000144. The Hall–Kier alpha value is -0.0300. The van der Waals surface area contributed by atoms with Crippen molar-refractivity contribution in [3.05, 3.63) is 16.9 Å². The second kappa shape index (κ2) is 7.41. The highest BCUT2D eigenvalue weighted by Gasteiger charge is 2.14. The van der Waals surface area contributed by atoms with Gasteiger partial charge in [0.25, 0.3) is 0 Å². The summed E-state index contributed by atoms with van der Waals surface area (Å²) in [5.74, 6) is 1.88. The molecule has 1 aliphatic rings. The molecule has 0 bridgehead atoms. The van der Waals surface area contributed by atoms with Gasteiger partial charge < -0.3 is 5.32 Å². The van der Waals surface area contributed by atoms with Gasteiger partial charge in [0.1, 0.15) is 5.15 Å². The van der Waals surface area contributed by atoms with Crippen molar-refractivity contribution in [3.8, 4) is 0 Å². The molecular formula is C11H17Cl2N3S. The lowest BCUT2D eigenvalue weighted by Crippen LogP contribution is -2.28. The third kappa shape index (κ3) is 5.00. The van der Waals surface area contributed by atoms with Crippen LogP contribution in [0, 0.1) is 12.8 Å². The van der Waals surface area contributed by atoms with E-state index in [0.717, 1.165) is 35.6 Å². The summed E-state index contributed by atoms with van der Waals surface area (Å²) in [4.78, 5) is 8.59. The molecule has 1 aromatic rings. The van der Waals surface area contributed by atoms with Crippen LogP contribution in [0.1, 0.15) is 18.5 Å². The minimum absolute atomic E-state index is 0. The molecule has 0 radical (unpaired) electrons. The second-order valence-corrected chi connectivity index (χ2v) is 5.49. The number of rotatable bonds is 3. The molecule has 0 atom stereocenters. The highest BCUT2D eigenvalue weighted by molar-refractivity contribution is 7.99. The number of aryl methyl sites for hydroxylation is 1. The first-order chi connectivity index (χ1) is 7.74. The summed E-state index contributed by atoms with van der Waals surface area (Å²) in [7, 11) is 0. The smallest absolute Gasteiger partial charge is 0.189 e. The van der Waals surface area contributed by atoms with Crippen molar-refractivity contribution >= 4 is 35.8 Å². The van der Waals surface area contributed by atoms with Crippen molar-refractivity contribution in [1.82, 2.24) is 15.3 Å². The second-order valence-electron chi connectivity index (χ2n) is 4.12. The standard InChI is InChI=1S/C11H16ClN3S.ClH/c1-8-6-10(12)15-11(14-8)16-7-9-2-4-13-5-3-9;/h6,9,13H,2-5,7H2,1H3;1H. The van der Waals surface area contributed by atoms with Crippen LogP contribution in [-0.2, 0) is 0 Å². The van der Waals surface area contributed by atoms with Crippen LogP contribution < -0.4 is 5.32 Å². The molecule has 6 heteroatoms. The summed E-state index contributed by atoms with van der Waals surface area (Å²) in [5, 5.41) is 4.72. The van der Waals surface area contributed by atoms with E-state index < -0.39 is 0 Å². The monoisotopic (exact) mass is 293 g/mol. The number of thioether (sulfide) groups is 1. The van der Waals surface area contributed by atoms with E-state index in [4.69, 9.17) is 11.6 Å². The summed E-state index contributed by atoms with van der Waals surface area (Å²) in [6.07, 6.45) is 2.51. The molecule has 2 rings (SSSR count). The van der Waals surface area contributed by atoms with Gasteiger partial charge in [0, 0.05) is 11.4 Å². The minimum atomic E-state index is 0. The first kappa shape index (κ1) is 15.0. The van der Waals surface area contributed by atoms with E-state index in [1.165, 1.54) is 12.8 Å². The molecule has 96 valence electrons. The highest BCUT2D eigenvalue weighted by Crippen LogP contribution is 2.23. The van der Waals surface area contributed by atoms with Crippen molar-refractivity contribution < 1.29 is 0 Å². The Labute approximate surface area is 118 Å². The lowest BCUT2D eigenvalue weighted by molar-refractivity contribution is 0.407. The molecule has 1 N–H and O–H groups in total. The van der Waals surface area contributed by atoms with Crippen LogP contribution in [-0.4, -0.2) is 28.8 Å². The highest BCUT2D eigenvalue weighted by atomic mass is 35.5. The molecule has 1 saturated heterocycles. The lowest BCUT2D eigenvalue weighted by atomic mass is 10.0. The van der Waals surface area contributed by atoms with Crippen LogP contribution in [0.25, 0.3) is 0 Å². The van der Waals surface area contributed by atoms with Crippen LogP contribution in [0.3, 0.4) is 0 Å². The van der Waals surface area contributed by atoms with E-state index in [1.807, 2.05) is 6.92 Å². The molecule has 0 aliphatic carbocycles. The van der Waals surface area contributed by atoms with Gasteiger partial charge >= 0.3 is 0 Å². The Morgan fingerprint density at radius 1 is 1.41 bits per heavy atom. The first-order valence-electron chi connectivity index (χ1n) is 5.59. The maximum absolute atomic E-state index is 5.90. The Morgan fingerprint density at radius 2 is 2.12 bits per heavy atom. The van der Waals surface area contributed by atoms with E-state index in [-0.39, 0.29) is 12.4 Å². The summed E-state index contributed by atoms with van der Waals surface area (Å²) < 4.78 is 0. The van der Waals surface area contributed by atoms with Gasteiger partial charge in [0.2, 0.25) is 0 Å². The first-order valence-corrected chi connectivity index (χ1v) is 6.95. The predicted molar refractivity (Wildman–Crippen MR) is 75.3 cm³/mol. The molecule has 0 spiro atoms. The Kier molecular flexibility index (Phi) is 6.55.